The van der Waals surface area contributed by atoms with E-state index in [2.05, 4.69) is 34.7 Å². The summed E-state index contributed by atoms with van der Waals surface area (Å²) >= 11 is 1.94. The van der Waals surface area contributed by atoms with Crippen LogP contribution in [0.5, 0.6) is 0 Å². The Labute approximate surface area is 105 Å². The molecule has 4 heteroatoms. The van der Waals surface area contributed by atoms with E-state index >= 15 is 0 Å². The standard InChI is InChI=1S/C13H15N3S/c1-16-8-6-13(15-16)14-11-7-9-17-12-5-3-2-4-10(11)12/h2-6,8,11H,7,9H2,1H3,(H,14,15). The molecule has 17 heavy (non-hydrogen) atoms. The van der Waals surface area contributed by atoms with Crippen LogP contribution in [0.3, 0.4) is 0 Å². The summed E-state index contributed by atoms with van der Waals surface area (Å²) in [4.78, 5) is 1.40. The number of nitrogens with zero attached hydrogens (tertiary/aromatic N) is 2. The number of rotatable bonds is 2. The molecular formula is C13H15N3S. The zero-order valence-corrected chi connectivity index (χ0v) is 10.6. The van der Waals surface area contributed by atoms with Gasteiger partial charge in [-0.1, -0.05) is 18.2 Å². The third-order valence-electron chi connectivity index (χ3n) is 2.99. The van der Waals surface area contributed by atoms with Crippen LogP contribution in [0.15, 0.2) is 41.4 Å². The van der Waals surface area contributed by atoms with E-state index < -0.39 is 0 Å². The number of aromatic nitrogens is 2. The maximum absolute atomic E-state index is 4.38. The highest BCUT2D eigenvalue weighted by Crippen LogP contribution is 2.37. The van der Waals surface area contributed by atoms with Gasteiger partial charge in [0.2, 0.25) is 0 Å². The molecule has 0 fully saturated rings. The van der Waals surface area contributed by atoms with Gasteiger partial charge in [-0.05, 0) is 18.1 Å². The van der Waals surface area contributed by atoms with Crippen molar-refractivity contribution in [1.82, 2.24) is 9.78 Å². The molecule has 1 N–H and O–H groups in total. The van der Waals surface area contributed by atoms with Gasteiger partial charge >= 0.3 is 0 Å². The number of fused-ring (bicyclic) bond motifs is 1. The first-order valence-electron chi connectivity index (χ1n) is 5.81. The lowest BCUT2D eigenvalue weighted by atomic mass is 10.0. The quantitative estimate of drug-likeness (QED) is 0.882. The molecule has 0 radical (unpaired) electrons. The first kappa shape index (κ1) is 10.7. The van der Waals surface area contributed by atoms with Crippen LogP contribution in [-0.2, 0) is 7.05 Å². The Hall–Kier alpha value is -1.42. The van der Waals surface area contributed by atoms with Crippen LogP contribution in [-0.4, -0.2) is 15.5 Å². The summed E-state index contributed by atoms with van der Waals surface area (Å²) in [5.74, 6) is 2.13. The zero-order valence-electron chi connectivity index (χ0n) is 9.76. The molecule has 1 aromatic heterocycles. The van der Waals surface area contributed by atoms with Gasteiger partial charge in [-0.2, -0.15) is 5.10 Å². The molecule has 88 valence electrons. The number of nitrogens with one attached hydrogen (secondary N) is 1. The smallest absolute Gasteiger partial charge is 0.148 e. The lowest BCUT2D eigenvalue weighted by Gasteiger charge is -2.25. The van der Waals surface area contributed by atoms with E-state index in [9.17, 15) is 0 Å². The first-order valence-corrected chi connectivity index (χ1v) is 6.79. The van der Waals surface area contributed by atoms with Gasteiger partial charge < -0.3 is 5.32 Å². The summed E-state index contributed by atoms with van der Waals surface area (Å²) in [5, 5.41) is 7.89. The largest absolute Gasteiger partial charge is 0.362 e. The summed E-state index contributed by atoms with van der Waals surface area (Å²) in [5.41, 5.74) is 1.40. The van der Waals surface area contributed by atoms with Crippen LogP contribution >= 0.6 is 11.8 Å². The van der Waals surface area contributed by atoms with Gasteiger partial charge in [-0.3, -0.25) is 4.68 Å². The number of hydrogen-bond acceptors (Lipinski definition) is 3. The van der Waals surface area contributed by atoms with Gasteiger partial charge in [0.1, 0.15) is 5.82 Å². The van der Waals surface area contributed by atoms with Crippen LogP contribution in [0.25, 0.3) is 0 Å². The third kappa shape index (κ3) is 2.17. The molecule has 0 amide bonds. The highest BCUT2D eigenvalue weighted by molar-refractivity contribution is 7.99. The van der Waals surface area contributed by atoms with Crippen molar-refractivity contribution in [3.05, 3.63) is 42.1 Å². The normalized spacial score (nSPS) is 18.8. The minimum absolute atomic E-state index is 0.391. The summed E-state index contributed by atoms with van der Waals surface area (Å²) in [6.45, 7) is 0. The topological polar surface area (TPSA) is 29.9 Å². The molecule has 0 aliphatic carbocycles. The molecular weight excluding hydrogens is 230 g/mol. The van der Waals surface area contributed by atoms with Gasteiger partial charge in [-0.25, -0.2) is 0 Å². The van der Waals surface area contributed by atoms with E-state index in [1.165, 1.54) is 16.2 Å². The maximum Gasteiger partial charge on any atom is 0.148 e. The van der Waals surface area contributed by atoms with Crippen molar-refractivity contribution in [2.24, 2.45) is 7.05 Å². The van der Waals surface area contributed by atoms with Crippen LogP contribution in [0.2, 0.25) is 0 Å². The second kappa shape index (κ2) is 4.45. The first-order chi connectivity index (χ1) is 8.33. The van der Waals surface area contributed by atoms with E-state index in [4.69, 9.17) is 0 Å². The van der Waals surface area contributed by atoms with Gasteiger partial charge in [0.25, 0.3) is 0 Å². The van der Waals surface area contributed by atoms with Crippen LogP contribution in [0.4, 0.5) is 5.82 Å². The Morgan fingerprint density at radius 1 is 1.35 bits per heavy atom. The van der Waals surface area contributed by atoms with Gasteiger partial charge in [0, 0.05) is 30.0 Å². The number of thioether (sulfide) groups is 1. The second-order valence-electron chi connectivity index (χ2n) is 4.25. The average Bonchev–Trinajstić information content (AvgIpc) is 2.75. The number of aryl methyl sites for hydroxylation is 1. The van der Waals surface area contributed by atoms with E-state index in [1.54, 1.807) is 0 Å². The van der Waals surface area contributed by atoms with E-state index in [-0.39, 0.29) is 0 Å². The average molecular weight is 245 g/mol. The van der Waals surface area contributed by atoms with Crippen molar-refractivity contribution in [3.8, 4) is 0 Å². The molecule has 1 atom stereocenters. The third-order valence-corrected chi connectivity index (χ3v) is 4.12. The molecule has 1 aliphatic rings. The maximum atomic E-state index is 4.38. The predicted molar refractivity (Wildman–Crippen MR) is 71.4 cm³/mol. The fourth-order valence-corrected chi connectivity index (χ4v) is 3.29. The fourth-order valence-electron chi connectivity index (χ4n) is 2.16. The number of hydrogen-bond donors (Lipinski definition) is 1. The Morgan fingerprint density at radius 2 is 2.24 bits per heavy atom. The molecule has 0 spiro atoms. The highest BCUT2D eigenvalue weighted by atomic mass is 32.2. The molecule has 2 heterocycles. The molecule has 0 saturated heterocycles. The van der Waals surface area contributed by atoms with Crippen molar-refractivity contribution in [2.75, 3.05) is 11.1 Å². The Morgan fingerprint density at radius 3 is 3.06 bits per heavy atom. The zero-order chi connectivity index (χ0) is 11.7. The Kier molecular flexibility index (Phi) is 2.81. The molecule has 3 rings (SSSR count). The SMILES string of the molecule is Cn1ccc(NC2CCSc3ccccc32)n1. The molecule has 1 aliphatic heterocycles. The predicted octanol–water partition coefficient (Wildman–Crippen LogP) is 3.07. The second-order valence-corrected chi connectivity index (χ2v) is 5.38. The summed E-state index contributed by atoms with van der Waals surface area (Å²) in [6, 6.07) is 11.0. The minimum Gasteiger partial charge on any atom is -0.362 e. The van der Waals surface area contributed by atoms with Crippen molar-refractivity contribution in [1.29, 1.82) is 0 Å². The van der Waals surface area contributed by atoms with E-state index in [0.717, 1.165) is 12.2 Å². The van der Waals surface area contributed by atoms with Gasteiger partial charge in [-0.15, -0.1) is 11.8 Å². The Bertz CT molecular complexity index is 521. The van der Waals surface area contributed by atoms with Gasteiger partial charge in [0.15, 0.2) is 0 Å². The number of benzene rings is 1. The highest BCUT2D eigenvalue weighted by Gasteiger charge is 2.20. The van der Waals surface area contributed by atoms with E-state index in [1.807, 2.05) is 35.8 Å². The van der Waals surface area contributed by atoms with Crippen molar-refractivity contribution in [3.63, 3.8) is 0 Å². The molecule has 1 aromatic carbocycles. The number of anilines is 1. The van der Waals surface area contributed by atoms with Crippen LogP contribution < -0.4 is 5.32 Å². The molecule has 1 unspecified atom stereocenters. The molecule has 0 bridgehead atoms. The summed E-state index contributed by atoms with van der Waals surface area (Å²) < 4.78 is 1.83. The molecule has 2 aromatic rings. The van der Waals surface area contributed by atoms with E-state index in [0.29, 0.717) is 6.04 Å². The minimum atomic E-state index is 0.391. The molecule has 3 nitrogen and oxygen atoms in total. The van der Waals surface area contributed by atoms with Crippen molar-refractivity contribution in [2.45, 2.75) is 17.4 Å². The lowest BCUT2D eigenvalue weighted by Crippen LogP contribution is -2.16. The monoisotopic (exact) mass is 245 g/mol. The van der Waals surface area contributed by atoms with Crippen molar-refractivity contribution < 1.29 is 0 Å². The van der Waals surface area contributed by atoms with Gasteiger partial charge in [0.05, 0.1) is 6.04 Å². The van der Waals surface area contributed by atoms with Crippen molar-refractivity contribution >= 4 is 17.6 Å². The fraction of sp³-hybridized carbons (Fsp3) is 0.308. The van der Waals surface area contributed by atoms with Crippen LogP contribution in [0, 0.1) is 0 Å². The molecule has 0 saturated carbocycles. The summed E-state index contributed by atoms with van der Waals surface area (Å²) in [7, 11) is 1.94. The summed E-state index contributed by atoms with van der Waals surface area (Å²) in [6.07, 6.45) is 3.12. The Balaban J connectivity index is 1.85. The lowest BCUT2D eigenvalue weighted by molar-refractivity contribution is 0.710. The van der Waals surface area contributed by atoms with Crippen LogP contribution in [0.1, 0.15) is 18.0 Å².